The summed E-state index contributed by atoms with van der Waals surface area (Å²) in [5.41, 5.74) is 25.3. The first kappa shape index (κ1) is 67.4. The number of nitrogens with zero attached hydrogens (tertiary/aromatic N) is 4. The SMILES string of the molecule is Cc1ccc(S(=O)(=O)N/N=C/c2ccc(N(c3ccc(N(c4ccc(-c5ccc(C(C)(C)C)cc5)cc4)c4ccc(-c5ccc(C(C)(C)C)cc5)cc4)cc3)c3ccc(N(c4ccc(-c5ccc(C(C)(C)C)cc5)cc4)c4ccc(-c5ccc(C(C)(C)C)cc5)cc4)cc3)cc2)cc1. The summed E-state index contributed by atoms with van der Waals surface area (Å²) in [5, 5.41) is 4.19. The lowest BCUT2D eigenvalue weighted by molar-refractivity contribution is 0.584. The second-order valence-corrected chi connectivity index (χ2v) is 31.5. The predicted molar refractivity (Wildman–Crippen MR) is 416 cm³/mol. The summed E-state index contributed by atoms with van der Waals surface area (Å²) < 4.78 is 26.4. The first-order chi connectivity index (χ1) is 46.7. The summed E-state index contributed by atoms with van der Waals surface area (Å²) in [6.07, 6.45) is 1.53. The van der Waals surface area contributed by atoms with Crippen LogP contribution in [-0.4, -0.2) is 14.6 Å². The fourth-order valence-corrected chi connectivity index (χ4v) is 13.1. The van der Waals surface area contributed by atoms with Crippen LogP contribution in [0.5, 0.6) is 0 Å². The molecule has 0 fully saturated rings. The second kappa shape index (κ2) is 27.5. The van der Waals surface area contributed by atoms with E-state index < -0.39 is 10.0 Å². The van der Waals surface area contributed by atoms with Crippen LogP contribution in [0.3, 0.4) is 0 Å². The second-order valence-electron chi connectivity index (χ2n) is 29.8. The van der Waals surface area contributed by atoms with Crippen molar-refractivity contribution in [2.24, 2.45) is 5.10 Å². The fraction of sp³-hybridized carbons (Fsp3) is 0.189. The maximum Gasteiger partial charge on any atom is 0.276 e. The van der Waals surface area contributed by atoms with Gasteiger partial charge in [-0.05, 0) is 222 Å². The van der Waals surface area contributed by atoms with E-state index >= 15 is 0 Å². The van der Waals surface area contributed by atoms with Crippen molar-refractivity contribution in [3.05, 3.63) is 325 Å². The van der Waals surface area contributed by atoms with Crippen LogP contribution in [0.25, 0.3) is 44.5 Å². The zero-order valence-corrected chi connectivity index (χ0v) is 59.6. The van der Waals surface area contributed by atoms with E-state index in [0.717, 1.165) is 84.6 Å². The van der Waals surface area contributed by atoms with Crippen LogP contribution in [0.15, 0.2) is 301 Å². The molecule has 0 bridgehead atoms. The molecule has 0 amide bonds. The number of hydrazone groups is 1. The van der Waals surface area contributed by atoms with E-state index in [-0.39, 0.29) is 26.6 Å². The molecular formula is C90H89N5O2S. The van der Waals surface area contributed by atoms with Crippen molar-refractivity contribution in [1.82, 2.24) is 4.83 Å². The van der Waals surface area contributed by atoms with Crippen LogP contribution in [-0.2, 0) is 31.7 Å². The molecule has 1 N–H and O–H groups in total. The van der Waals surface area contributed by atoms with Crippen LogP contribution >= 0.6 is 0 Å². The third kappa shape index (κ3) is 15.5. The number of aryl methyl sites for hydroxylation is 1. The van der Waals surface area contributed by atoms with Gasteiger partial charge in [-0.3, -0.25) is 0 Å². The molecule has 0 saturated carbocycles. The highest BCUT2D eigenvalue weighted by molar-refractivity contribution is 7.89. The van der Waals surface area contributed by atoms with Crippen LogP contribution in [0.4, 0.5) is 51.2 Å². The summed E-state index contributed by atoms with van der Waals surface area (Å²) in [4.78, 5) is 9.44. The van der Waals surface area contributed by atoms with Crippen molar-refractivity contribution in [3.8, 4) is 44.5 Å². The summed E-state index contributed by atoms with van der Waals surface area (Å²) >= 11 is 0. The molecule has 0 aromatic heterocycles. The molecule has 8 heteroatoms. The van der Waals surface area contributed by atoms with Crippen molar-refractivity contribution < 1.29 is 8.42 Å². The molecule has 0 unspecified atom stereocenters. The summed E-state index contributed by atoms with van der Waals surface area (Å²) in [5.74, 6) is 0. The summed E-state index contributed by atoms with van der Waals surface area (Å²) in [7, 11) is -3.87. The molecular weight excluding hydrogens is 1220 g/mol. The number of anilines is 9. The van der Waals surface area contributed by atoms with Gasteiger partial charge >= 0.3 is 0 Å². The molecule has 98 heavy (non-hydrogen) atoms. The summed E-state index contributed by atoms with van der Waals surface area (Å²) in [6.45, 7) is 28.9. The van der Waals surface area contributed by atoms with Crippen molar-refractivity contribution >= 4 is 67.4 Å². The van der Waals surface area contributed by atoms with Gasteiger partial charge in [0.25, 0.3) is 10.0 Å². The van der Waals surface area contributed by atoms with E-state index in [9.17, 15) is 8.42 Å². The van der Waals surface area contributed by atoms with Gasteiger partial charge < -0.3 is 14.7 Å². The zero-order valence-electron chi connectivity index (χ0n) is 58.8. The highest BCUT2D eigenvalue weighted by atomic mass is 32.2. The van der Waals surface area contributed by atoms with E-state index in [4.69, 9.17) is 0 Å². The van der Waals surface area contributed by atoms with E-state index in [1.807, 2.05) is 31.2 Å². The Labute approximate surface area is 582 Å². The van der Waals surface area contributed by atoms with Gasteiger partial charge in [0.1, 0.15) is 0 Å². The van der Waals surface area contributed by atoms with E-state index in [2.05, 4.69) is 350 Å². The van der Waals surface area contributed by atoms with E-state index in [1.54, 1.807) is 24.3 Å². The molecule has 0 heterocycles. The van der Waals surface area contributed by atoms with E-state index in [0.29, 0.717) is 0 Å². The lowest BCUT2D eigenvalue weighted by Gasteiger charge is -2.30. The Morgan fingerprint density at radius 3 is 0.653 bits per heavy atom. The molecule has 492 valence electrons. The quantitative estimate of drug-likeness (QED) is 0.0727. The van der Waals surface area contributed by atoms with Gasteiger partial charge in [0.15, 0.2) is 0 Å². The Morgan fingerprint density at radius 1 is 0.265 bits per heavy atom. The minimum Gasteiger partial charge on any atom is -0.311 e. The van der Waals surface area contributed by atoms with Gasteiger partial charge in [-0.2, -0.15) is 13.5 Å². The predicted octanol–water partition coefficient (Wildman–Crippen LogP) is 24.6. The number of hydrogen-bond acceptors (Lipinski definition) is 6. The number of nitrogens with one attached hydrogen (secondary N) is 1. The average Bonchev–Trinajstić information content (AvgIpc) is 0.783. The largest absolute Gasteiger partial charge is 0.311 e. The molecule has 12 aromatic carbocycles. The Kier molecular flexibility index (Phi) is 18.9. The minimum absolute atomic E-state index is 0.0622. The Hall–Kier alpha value is -10.5. The van der Waals surface area contributed by atoms with Crippen LogP contribution < -0.4 is 19.5 Å². The lowest BCUT2D eigenvalue weighted by Crippen LogP contribution is -2.18. The average molecular weight is 1300 g/mol. The Bertz CT molecular complexity index is 4360. The monoisotopic (exact) mass is 1300 g/mol. The number of sulfonamides is 1. The molecule has 0 radical (unpaired) electrons. The minimum atomic E-state index is -3.87. The van der Waals surface area contributed by atoms with Crippen LogP contribution in [0.2, 0.25) is 0 Å². The highest BCUT2D eigenvalue weighted by Gasteiger charge is 2.22. The maximum atomic E-state index is 13.2. The molecule has 12 rings (SSSR count). The third-order valence-corrected chi connectivity index (χ3v) is 19.7. The smallest absolute Gasteiger partial charge is 0.276 e. The first-order valence-electron chi connectivity index (χ1n) is 33.9. The summed E-state index contributed by atoms with van der Waals surface area (Å²) in [6, 6.07) is 103. The highest BCUT2D eigenvalue weighted by Crippen LogP contribution is 2.44. The van der Waals surface area contributed by atoms with E-state index in [1.165, 1.54) is 50.7 Å². The van der Waals surface area contributed by atoms with Crippen molar-refractivity contribution in [3.63, 3.8) is 0 Å². The first-order valence-corrected chi connectivity index (χ1v) is 35.4. The van der Waals surface area contributed by atoms with Crippen LogP contribution in [0.1, 0.15) is 116 Å². The third-order valence-electron chi connectivity index (χ3n) is 18.4. The number of benzene rings is 12. The van der Waals surface area contributed by atoms with Gasteiger partial charge in [-0.25, -0.2) is 4.83 Å². The normalized spacial score (nSPS) is 12.2. The molecule has 0 aliphatic heterocycles. The molecule has 12 aromatic rings. The molecule has 0 atom stereocenters. The topological polar surface area (TPSA) is 68.2 Å². The van der Waals surface area contributed by atoms with Gasteiger partial charge in [0.2, 0.25) is 0 Å². The van der Waals surface area contributed by atoms with Crippen molar-refractivity contribution in [2.75, 3.05) is 14.7 Å². The lowest BCUT2D eigenvalue weighted by atomic mass is 9.86. The standard InChI is InChI=1S/C90H89N5O2S/c1-63-14-60-86(61-15-63)98(96,97)92-91-62-64-16-42-77(43-17-64)93(82-52-56-84(57-53-82)94(78-44-26-69(27-45-78)65-18-34-73(35-19-65)87(2,3)4)79-46-28-70(29-47-79)66-20-36-74(37-21-66)88(5,6)7)83-54-58-85(59-55-83)95(80-48-30-71(31-49-80)67-22-38-75(39-23-67)89(8,9)10)81-50-32-72(33-51-81)68-24-40-76(41-25-68)90(11,12)13/h14-62,92H,1-13H3/b91-62+. The molecule has 7 nitrogen and oxygen atoms in total. The zero-order chi connectivity index (χ0) is 69.2. The van der Waals surface area contributed by atoms with Gasteiger partial charge in [-0.15, -0.1) is 0 Å². The van der Waals surface area contributed by atoms with Crippen molar-refractivity contribution in [2.45, 2.75) is 117 Å². The van der Waals surface area contributed by atoms with Crippen molar-refractivity contribution in [1.29, 1.82) is 0 Å². The molecule has 0 aliphatic rings. The van der Waals surface area contributed by atoms with Gasteiger partial charge in [-0.1, -0.05) is 259 Å². The molecule has 0 aliphatic carbocycles. The Balaban J connectivity index is 0.917. The van der Waals surface area contributed by atoms with Gasteiger partial charge in [0.05, 0.1) is 11.1 Å². The molecule has 0 spiro atoms. The fourth-order valence-electron chi connectivity index (χ4n) is 12.4. The Morgan fingerprint density at radius 2 is 0.449 bits per heavy atom. The molecule has 0 saturated heterocycles. The van der Waals surface area contributed by atoms with Crippen LogP contribution in [0, 0.1) is 6.92 Å². The van der Waals surface area contributed by atoms with Gasteiger partial charge in [0, 0.05) is 51.2 Å². The number of hydrogen-bond donors (Lipinski definition) is 1. The maximum absolute atomic E-state index is 13.2. The number of rotatable bonds is 17.